The Bertz CT molecular complexity index is 566. The quantitative estimate of drug-likeness (QED) is 0.927. The molecule has 2 N–H and O–H groups in total. The van der Waals surface area contributed by atoms with Crippen molar-refractivity contribution in [2.75, 3.05) is 11.9 Å². The molecule has 0 aliphatic heterocycles. The molecule has 0 radical (unpaired) electrons. The minimum Gasteiger partial charge on any atom is -0.370 e. The number of rotatable bonds is 4. The van der Waals surface area contributed by atoms with Crippen LogP contribution in [-0.2, 0) is 13.1 Å². The van der Waals surface area contributed by atoms with Gasteiger partial charge in [0.25, 0.3) is 0 Å². The van der Waals surface area contributed by atoms with Gasteiger partial charge in [-0.25, -0.2) is 0 Å². The highest BCUT2D eigenvalue weighted by Gasteiger charge is 2.06. The molecular formula is C16H19BrN2. The molecule has 0 atom stereocenters. The third-order valence-corrected chi connectivity index (χ3v) is 3.75. The molecule has 2 aromatic carbocycles. The summed E-state index contributed by atoms with van der Waals surface area (Å²) in [7, 11) is 2.11. The van der Waals surface area contributed by atoms with Crippen molar-refractivity contribution in [2.24, 2.45) is 5.73 Å². The second-order valence-corrected chi connectivity index (χ2v) is 5.72. The van der Waals surface area contributed by atoms with Crippen molar-refractivity contribution in [3.05, 3.63) is 63.6 Å². The third-order valence-electron chi connectivity index (χ3n) is 3.29. The van der Waals surface area contributed by atoms with Crippen LogP contribution in [0.1, 0.15) is 16.7 Å². The van der Waals surface area contributed by atoms with Gasteiger partial charge < -0.3 is 10.6 Å². The largest absolute Gasteiger partial charge is 0.370 e. The zero-order valence-electron chi connectivity index (χ0n) is 11.4. The summed E-state index contributed by atoms with van der Waals surface area (Å²) in [6.07, 6.45) is 0. The van der Waals surface area contributed by atoms with E-state index in [2.05, 4.69) is 77.3 Å². The summed E-state index contributed by atoms with van der Waals surface area (Å²) in [5, 5.41) is 0. The van der Waals surface area contributed by atoms with Crippen LogP contribution in [0.3, 0.4) is 0 Å². The Morgan fingerprint density at radius 3 is 2.58 bits per heavy atom. The van der Waals surface area contributed by atoms with E-state index < -0.39 is 0 Å². The number of nitrogens with zero attached hydrogens (tertiary/aromatic N) is 1. The molecule has 100 valence electrons. The van der Waals surface area contributed by atoms with Crippen LogP contribution in [-0.4, -0.2) is 7.05 Å². The van der Waals surface area contributed by atoms with Gasteiger partial charge in [0, 0.05) is 30.3 Å². The molecule has 2 aromatic rings. The summed E-state index contributed by atoms with van der Waals surface area (Å²) in [5.41, 5.74) is 10.7. The summed E-state index contributed by atoms with van der Waals surface area (Å²) < 4.78 is 1.07. The minimum absolute atomic E-state index is 0.560. The van der Waals surface area contributed by atoms with Crippen molar-refractivity contribution in [3.63, 3.8) is 0 Å². The highest BCUT2D eigenvalue weighted by molar-refractivity contribution is 9.10. The van der Waals surface area contributed by atoms with Crippen LogP contribution < -0.4 is 10.6 Å². The molecule has 0 amide bonds. The van der Waals surface area contributed by atoms with E-state index in [9.17, 15) is 0 Å². The van der Waals surface area contributed by atoms with Crippen LogP contribution >= 0.6 is 15.9 Å². The standard InChI is InChI=1S/C16H19BrN2/c1-12-5-3-4-6-14(12)11-19(2)16-8-13(10-18)7-15(17)9-16/h3-9H,10-11,18H2,1-2H3. The highest BCUT2D eigenvalue weighted by Crippen LogP contribution is 2.23. The second-order valence-electron chi connectivity index (χ2n) is 4.80. The van der Waals surface area contributed by atoms with Gasteiger partial charge in [-0.3, -0.25) is 0 Å². The second kappa shape index (κ2) is 6.22. The fraction of sp³-hybridized carbons (Fsp3) is 0.250. The van der Waals surface area contributed by atoms with E-state index in [0.717, 1.165) is 16.6 Å². The molecule has 3 heteroatoms. The van der Waals surface area contributed by atoms with E-state index >= 15 is 0 Å². The Morgan fingerprint density at radius 1 is 1.16 bits per heavy atom. The van der Waals surface area contributed by atoms with Crippen molar-refractivity contribution in [2.45, 2.75) is 20.0 Å². The Kier molecular flexibility index (Phi) is 4.61. The van der Waals surface area contributed by atoms with Gasteiger partial charge in [0.1, 0.15) is 0 Å². The van der Waals surface area contributed by atoms with Crippen molar-refractivity contribution >= 4 is 21.6 Å². The first kappa shape index (κ1) is 14.1. The molecule has 0 fully saturated rings. The molecule has 2 nitrogen and oxygen atoms in total. The summed E-state index contributed by atoms with van der Waals surface area (Å²) in [5.74, 6) is 0. The zero-order chi connectivity index (χ0) is 13.8. The molecule has 0 bridgehead atoms. The van der Waals surface area contributed by atoms with Crippen LogP contribution in [0, 0.1) is 6.92 Å². The van der Waals surface area contributed by atoms with Crippen LogP contribution in [0.25, 0.3) is 0 Å². The van der Waals surface area contributed by atoms with Gasteiger partial charge in [0.15, 0.2) is 0 Å². The number of aryl methyl sites for hydroxylation is 1. The highest BCUT2D eigenvalue weighted by atomic mass is 79.9. The van der Waals surface area contributed by atoms with Crippen LogP contribution in [0.5, 0.6) is 0 Å². The van der Waals surface area contributed by atoms with E-state index in [1.54, 1.807) is 0 Å². The van der Waals surface area contributed by atoms with Gasteiger partial charge in [-0.2, -0.15) is 0 Å². The van der Waals surface area contributed by atoms with E-state index in [4.69, 9.17) is 5.73 Å². The Balaban J connectivity index is 2.22. The summed E-state index contributed by atoms with van der Waals surface area (Å²) >= 11 is 3.54. The van der Waals surface area contributed by atoms with Gasteiger partial charge in [0.2, 0.25) is 0 Å². The predicted octanol–water partition coefficient (Wildman–Crippen LogP) is 3.85. The van der Waals surface area contributed by atoms with Gasteiger partial charge in [-0.1, -0.05) is 40.2 Å². The lowest BCUT2D eigenvalue weighted by Crippen LogP contribution is -2.17. The van der Waals surface area contributed by atoms with Crippen molar-refractivity contribution in [1.82, 2.24) is 0 Å². The molecule has 0 unspecified atom stereocenters. The minimum atomic E-state index is 0.560. The van der Waals surface area contributed by atoms with Crippen LogP contribution in [0.4, 0.5) is 5.69 Å². The molecular weight excluding hydrogens is 300 g/mol. The molecule has 2 rings (SSSR count). The third kappa shape index (κ3) is 3.58. The normalized spacial score (nSPS) is 10.5. The molecule has 0 aliphatic rings. The fourth-order valence-electron chi connectivity index (χ4n) is 2.11. The monoisotopic (exact) mass is 318 g/mol. The lowest BCUT2D eigenvalue weighted by atomic mass is 10.1. The van der Waals surface area contributed by atoms with E-state index in [0.29, 0.717) is 6.54 Å². The zero-order valence-corrected chi connectivity index (χ0v) is 12.9. The van der Waals surface area contributed by atoms with Crippen molar-refractivity contribution in [3.8, 4) is 0 Å². The number of nitrogens with two attached hydrogens (primary N) is 1. The lowest BCUT2D eigenvalue weighted by molar-refractivity contribution is 0.910. The lowest BCUT2D eigenvalue weighted by Gasteiger charge is -2.21. The first-order chi connectivity index (χ1) is 9.10. The number of anilines is 1. The van der Waals surface area contributed by atoms with Gasteiger partial charge in [-0.15, -0.1) is 0 Å². The maximum Gasteiger partial charge on any atom is 0.0428 e. The number of hydrogen-bond acceptors (Lipinski definition) is 2. The predicted molar refractivity (Wildman–Crippen MR) is 85.3 cm³/mol. The summed E-state index contributed by atoms with van der Waals surface area (Å²) in [6, 6.07) is 14.8. The molecule has 0 saturated heterocycles. The number of halogens is 1. The molecule has 0 aliphatic carbocycles. The van der Waals surface area contributed by atoms with Crippen molar-refractivity contribution < 1.29 is 0 Å². The topological polar surface area (TPSA) is 29.3 Å². The molecule has 0 heterocycles. The first-order valence-electron chi connectivity index (χ1n) is 6.35. The summed E-state index contributed by atoms with van der Waals surface area (Å²) in [6.45, 7) is 3.60. The number of benzene rings is 2. The Labute approximate surface area is 123 Å². The van der Waals surface area contributed by atoms with Gasteiger partial charge >= 0.3 is 0 Å². The fourth-order valence-corrected chi connectivity index (χ4v) is 2.63. The van der Waals surface area contributed by atoms with Gasteiger partial charge in [0.05, 0.1) is 0 Å². The SMILES string of the molecule is Cc1ccccc1CN(C)c1cc(Br)cc(CN)c1. The average molecular weight is 319 g/mol. The Hall–Kier alpha value is -1.32. The number of hydrogen-bond donors (Lipinski definition) is 1. The first-order valence-corrected chi connectivity index (χ1v) is 7.14. The van der Waals surface area contributed by atoms with E-state index in [-0.39, 0.29) is 0 Å². The average Bonchev–Trinajstić information content (AvgIpc) is 2.40. The maximum atomic E-state index is 5.73. The van der Waals surface area contributed by atoms with Crippen molar-refractivity contribution in [1.29, 1.82) is 0 Å². The van der Waals surface area contributed by atoms with E-state index in [1.165, 1.54) is 16.8 Å². The Morgan fingerprint density at radius 2 is 1.89 bits per heavy atom. The molecule has 0 aromatic heterocycles. The van der Waals surface area contributed by atoms with E-state index in [1.807, 2.05) is 0 Å². The summed E-state index contributed by atoms with van der Waals surface area (Å²) in [4.78, 5) is 2.24. The maximum absolute atomic E-state index is 5.73. The molecule has 0 spiro atoms. The molecule has 19 heavy (non-hydrogen) atoms. The van der Waals surface area contributed by atoms with Crippen LogP contribution in [0.2, 0.25) is 0 Å². The van der Waals surface area contributed by atoms with Crippen LogP contribution in [0.15, 0.2) is 46.9 Å². The smallest absolute Gasteiger partial charge is 0.0428 e. The van der Waals surface area contributed by atoms with Gasteiger partial charge in [-0.05, 0) is 41.8 Å². The molecule has 0 saturated carbocycles.